The summed E-state index contributed by atoms with van der Waals surface area (Å²) in [6, 6.07) is 0. The van der Waals surface area contributed by atoms with Crippen molar-refractivity contribution < 1.29 is 4.74 Å². The first-order valence-corrected chi connectivity index (χ1v) is 4.21. The molecule has 0 aromatic rings. The largest absolute Gasteiger partial charge is 0.448 e. The summed E-state index contributed by atoms with van der Waals surface area (Å²) in [5.74, 6) is 1.52. The Morgan fingerprint density at radius 3 is 2.17 bits per heavy atom. The second kappa shape index (κ2) is 2.35. The van der Waals surface area contributed by atoms with E-state index in [2.05, 4.69) is 39.3 Å². The molecular weight excluding hydrogens is 150 g/mol. The Balaban J connectivity index is 3.15. The van der Waals surface area contributed by atoms with Crippen molar-refractivity contribution in [1.82, 2.24) is 0 Å². The van der Waals surface area contributed by atoms with E-state index in [9.17, 15) is 0 Å². The Hall–Kier alpha value is -0.790. The van der Waals surface area contributed by atoms with E-state index in [-0.39, 0.29) is 11.0 Å². The van der Waals surface area contributed by atoms with Crippen LogP contribution in [-0.2, 0) is 4.74 Å². The van der Waals surface area contributed by atoms with Gasteiger partial charge in [0.1, 0.15) is 5.76 Å². The van der Waals surface area contributed by atoms with Crippen molar-refractivity contribution in [2.45, 2.75) is 40.2 Å². The van der Waals surface area contributed by atoms with Gasteiger partial charge in [-0.2, -0.15) is 0 Å². The average molecular weight is 167 g/mol. The molecule has 0 fully saturated rings. The molecule has 0 saturated heterocycles. The Kier molecular flexibility index (Phi) is 1.82. The summed E-state index contributed by atoms with van der Waals surface area (Å²) in [7, 11) is 0. The maximum Gasteiger partial charge on any atom is 0.187 e. The first-order valence-electron chi connectivity index (χ1n) is 4.21. The molecule has 0 unspecified atom stereocenters. The monoisotopic (exact) mass is 167 g/mol. The molecule has 0 saturated carbocycles. The third-order valence-corrected chi connectivity index (χ3v) is 2.93. The summed E-state index contributed by atoms with van der Waals surface area (Å²) in [6.07, 6.45) is 0. The standard InChI is InChI=1S/C10H17NO/c1-7-9(3,4)10(5,6)11-8(2)12-7/h1H2,2-6H3. The predicted molar refractivity (Wildman–Crippen MR) is 51.2 cm³/mol. The second-order valence-corrected chi connectivity index (χ2v) is 4.34. The molecule has 0 aromatic carbocycles. The van der Waals surface area contributed by atoms with Crippen molar-refractivity contribution in [1.29, 1.82) is 0 Å². The zero-order valence-corrected chi connectivity index (χ0v) is 8.56. The van der Waals surface area contributed by atoms with Crippen molar-refractivity contribution in [3.05, 3.63) is 12.3 Å². The highest BCUT2D eigenvalue weighted by Gasteiger charge is 2.43. The van der Waals surface area contributed by atoms with Crippen LogP contribution in [0.5, 0.6) is 0 Å². The van der Waals surface area contributed by atoms with Crippen molar-refractivity contribution in [2.24, 2.45) is 10.4 Å². The number of rotatable bonds is 0. The average Bonchev–Trinajstić information content (AvgIpc) is 1.82. The lowest BCUT2D eigenvalue weighted by atomic mass is 9.73. The fourth-order valence-corrected chi connectivity index (χ4v) is 1.20. The maximum absolute atomic E-state index is 5.39. The van der Waals surface area contributed by atoms with E-state index in [1.807, 2.05) is 6.92 Å². The molecule has 2 heteroatoms. The van der Waals surface area contributed by atoms with Crippen LogP contribution < -0.4 is 0 Å². The Morgan fingerprint density at radius 1 is 1.25 bits per heavy atom. The lowest BCUT2D eigenvalue weighted by Crippen LogP contribution is -2.43. The molecule has 1 heterocycles. The van der Waals surface area contributed by atoms with E-state index >= 15 is 0 Å². The molecule has 0 atom stereocenters. The quantitative estimate of drug-likeness (QED) is 0.543. The molecule has 68 valence electrons. The maximum atomic E-state index is 5.39. The fourth-order valence-electron chi connectivity index (χ4n) is 1.20. The topological polar surface area (TPSA) is 21.6 Å². The molecule has 0 aliphatic carbocycles. The van der Waals surface area contributed by atoms with Gasteiger partial charge in [-0.15, -0.1) is 0 Å². The number of aliphatic imine (C=N–C) groups is 1. The predicted octanol–water partition coefficient (Wildman–Crippen LogP) is 2.75. The molecule has 0 spiro atoms. The van der Waals surface area contributed by atoms with Gasteiger partial charge in [-0.1, -0.05) is 20.4 Å². The molecular formula is C10H17NO. The van der Waals surface area contributed by atoms with Crippen molar-refractivity contribution in [3.63, 3.8) is 0 Å². The molecule has 1 aliphatic rings. The minimum absolute atomic E-state index is 0.0908. The van der Waals surface area contributed by atoms with Gasteiger partial charge in [0.05, 0.1) is 5.54 Å². The highest BCUT2D eigenvalue weighted by molar-refractivity contribution is 5.76. The molecule has 0 amide bonds. The summed E-state index contributed by atoms with van der Waals surface area (Å²) in [5.41, 5.74) is -0.209. The van der Waals surface area contributed by atoms with Gasteiger partial charge in [0.25, 0.3) is 0 Å². The number of nitrogens with zero attached hydrogens (tertiary/aromatic N) is 1. The van der Waals surface area contributed by atoms with Gasteiger partial charge in [-0.25, -0.2) is 4.99 Å². The fraction of sp³-hybridized carbons (Fsp3) is 0.700. The van der Waals surface area contributed by atoms with E-state index in [0.29, 0.717) is 5.90 Å². The van der Waals surface area contributed by atoms with Crippen LogP contribution in [0.4, 0.5) is 0 Å². The summed E-state index contributed by atoms with van der Waals surface area (Å²) in [6.45, 7) is 14.2. The van der Waals surface area contributed by atoms with Crippen LogP contribution in [0.15, 0.2) is 17.3 Å². The van der Waals surface area contributed by atoms with Crippen molar-refractivity contribution >= 4 is 5.90 Å². The summed E-state index contributed by atoms with van der Waals surface area (Å²) in [4.78, 5) is 4.45. The molecule has 2 nitrogen and oxygen atoms in total. The van der Waals surface area contributed by atoms with Crippen LogP contribution in [0, 0.1) is 5.41 Å². The Labute approximate surface area is 74.3 Å². The van der Waals surface area contributed by atoms with Gasteiger partial charge in [-0.3, -0.25) is 0 Å². The van der Waals surface area contributed by atoms with E-state index < -0.39 is 0 Å². The number of ether oxygens (including phenoxy) is 1. The van der Waals surface area contributed by atoms with E-state index in [1.54, 1.807) is 0 Å². The third kappa shape index (κ3) is 1.15. The van der Waals surface area contributed by atoms with Crippen molar-refractivity contribution in [3.8, 4) is 0 Å². The zero-order chi connectivity index (χ0) is 9.57. The summed E-state index contributed by atoms with van der Waals surface area (Å²) in [5, 5.41) is 0. The third-order valence-electron chi connectivity index (χ3n) is 2.93. The van der Waals surface area contributed by atoms with Crippen LogP contribution in [-0.4, -0.2) is 11.4 Å². The van der Waals surface area contributed by atoms with E-state index in [1.165, 1.54) is 0 Å². The van der Waals surface area contributed by atoms with Crippen LogP contribution in [0.25, 0.3) is 0 Å². The molecule has 0 aromatic heterocycles. The number of hydrogen-bond acceptors (Lipinski definition) is 2. The Morgan fingerprint density at radius 2 is 1.75 bits per heavy atom. The van der Waals surface area contributed by atoms with Crippen LogP contribution in [0.3, 0.4) is 0 Å². The summed E-state index contributed by atoms with van der Waals surface area (Å²) < 4.78 is 5.39. The van der Waals surface area contributed by atoms with Gasteiger partial charge in [0.15, 0.2) is 5.90 Å². The zero-order valence-electron chi connectivity index (χ0n) is 8.56. The second-order valence-electron chi connectivity index (χ2n) is 4.34. The minimum Gasteiger partial charge on any atom is -0.448 e. The number of hydrogen-bond donors (Lipinski definition) is 0. The van der Waals surface area contributed by atoms with Crippen molar-refractivity contribution in [2.75, 3.05) is 0 Å². The molecule has 1 aliphatic heterocycles. The van der Waals surface area contributed by atoms with E-state index in [0.717, 1.165) is 5.76 Å². The lowest BCUT2D eigenvalue weighted by Gasteiger charge is -2.42. The molecule has 0 N–H and O–H groups in total. The van der Waals surface area contributed by atoms with Crippen LogP contribution in [0.2, 0.25) is 0 Å². The van der Waals surface area contributed by atoms with Gasteiger partial charge >= 0.3 is 0 Å². The lowest BCUT2D eigenvalue weighted by molar-refractivity contribution is 0.146. The highest BCUT2D eigenvalue weighted by Crippen LogP contribution is 2.43. The molecule has 12 heavy (non-hydrogen) atoms. The highest BCUT2D eigenvalue weighted by atomic mass is 16.5. The molecule has 0 bridgehead atoms. The van der Waals surface area contributed by atoms with Crippen LogP contribution >= 0.6 is 0 Å². The van der Waals surface area contributed by atoms with Crippen LogP contribution in [0.1, 0.15) is 34.6 Å². The normalized spacial score (nSPS) is 26.1. The first-order chi connectivity index (χ1) is 5.27. The smallest absolute Gasteiger partial charge is 0.187 e. The minimum atomic E-state index is -0.119. The molecule has 1 rings (SSSR count). The van der Waals surface area contributed by atoms with Gasteiger partial charge in [-0.05, 0) is 13.8 Å². The summed E-state index contributed by atoms with van der Waals surface area (Å²) >= 11 is 0. The first kappa shape index (κ1) is 9.30. The van der Waals surface area contributed by atoms with Gasteiger partial charge < -0.3 is 4.74 Å². The molecule has 0 radical (unpaired) electrons. The Bertz CT molecular complexity index is 249. The SMILES string of the molecule is C=C1OC(C)=NC(C)(C)C1(C)C. The van der Waals surface area contributed by atoms with Gasteiger partial charge in [0.2, 0.25) is 0 Å². The van der Waals surface area contributed by atoms with E-state index in [4.69, 9.17) is 4.74 Å². The van der Waals surface area contributed by atoms with Gasteiger partial charge in [0, 0.05) is 12.3 Å².